The SMILES string of the molecule is Cn1ncc(Br)c1C(N)c1cc(Br)sc1Br. The minimum atomic E-state index is -0.196. The predicted octanol–water partition coefficient (Wildman–Crippen LogP) is 3.82. The molecule has 0 saturated heterocycles. The molecule has 0 saturated carbocycles. The van der Waals surface area contributed by atoms with E-state index in [1.807, 2.05) is 13.1 Å². The number of aryl methyl sites for hydroxylation is 1. The molecule has 16 heavy (non-hydrogen) atoms. The average Bonchev–Trinajstić information content (AvgIpc) is 2.70. The lowest BCUT2D eigenvalue weighted by Gasteiger charge is -2.12. The third-order valence-electron chi connectivity index (χ3n) is 2.25. The Kier molecular flexibility index (Phi) is 3.90. The Labute approximate surface area is 122 Å². The zero-order valence-electron chi connectivity index (χ0n) is 8.25. The van der Waals surface area contributed by atoms with Crippen molar-refractivity contribution in [1.29, 1.82) is 0 Å². The van der Waals surface area contributed by atoms with Crippen LogP contribution in [0, 0.1) is 0 Å². The highest BCUT2D eigenvalue weighted by Crippen LogP contribution is 2.38. The highest BCUT2D eigenvalue weighted by molar-refractivity contribution is 9.12. The number of nitrogens with zero attached hydrogens (tertiary/aromatic N) is 2. The van der Waals surface area contributed by atoms with E-state index < -0.39 is 0 Å². The molecule has 2 aromatic heterocycles. The van der Waals surface area contributed by atoms with Gasteiger partial charge in [-0.3, -0.25) is 4.68 Å². The lowest BCUT2D eigenvalue weighted by molar-refractivity contribution is 0.671. The van der Waals surface area contributed by atoms with Crippen LogP contribution in [0.5, 0.6) is 0 Å². The van der Waals surface area contributed by atoms with Crippen LogP contribution in [0.3, 0.4) is 0 Å². The van der Waals surface area contributed by atoms with E-state index in [-0.39, 0.29) is 6.04 Å². The van der Waals surface area contributed by atoms with Crippen molar-refractivity contribution in [1.82, 2.24) is 9.78 Å². The van der Waals surface area contributed by atoms with Crippen LogP contribution in [0.1, 0.15) is 17.3 Å². The van der Waals surface area contributed by atoms with Gasteiger partial charge in [0, 0.05) is 12.6 Å². The monoisotopic (exact) mass is 427 g/mol. The van der Waals surface area contributed by atoms with Gasteiger partial charge in [-0.25, -0.2) is 0 Å². The first kappa shape index (κ1) is 12.8. The number of rotatable bonds is 2. The summed E-state index contributed by atoms with van der Waals surface area (Å²) in [7, 11) is 1.88. The van der Waals surface area contributed by atoms with E-state index in [2.05, 4.69) is 52.9 Å². The van der Waals surface area contributed by atoms with E-state index in [1.165, 1.54) is 0 Å². The molecule has 0 aliphatic rings. The van der Waals surface area contributed by atoms with Gasteiger partial charge in [0.05, 0.1) is 30.0 Å². The molecule has 2 rings (SSSR count). The first-order valence-corrected chi connectivity index (χ1v) is 7.58. The maximum atomic E-state index is 6.24. The van der Waals surface area contributed by atoms with Gasteiger partial charge in [0.15, 0.2) is 0 Å². The van der Waals surface area contributed by atoms with Gasteiger partial charge >= 0.3 is 0 Å². The van der Waals surface area contributed by atoms with Gasteiger partial charge < -0.3 is 5.73 Å². The molecule has 1 unspecified atom stereocenters. The quantitative estimate of drug-likeness (QED) is 0.788. The van der Waals surface area contributed by atoms with Gasteiger partial charge in [-0.15, -0.1) is 11.3 Å². The zero-order chi connectivity index (χ0) is 11.9. The molecule has 7 heteroatoms. The molecule has 0 aromatic carbocycles. The number of aromatic nitrogens is 2. The number of hydrogen-bond acceptors (Lipinski definition) is 3. The Morgan fingerprint density at radius 2 is 2.12 bits per heavy atom. The molecule has 0 radical (unpaired) electrons. The third-order valence-corrected chi connectivity index (χ3v) is 5.25. The van der Waals surface area contributed by atoms with E-state index in [4.69, 9.17) is 5.73 Å². The molecule has 0 bridgehead atoms. The van der Waals surface area contributed by atoms with E-state index in [0.717, 1.165) is 23.3 Å². The van der Waals surface area contributed by atoms with Crippen LogP contribution in [0.15, 0.2) is 24.3 Å². The molecule has 0 fully saturated rings. The van der Waals surface area contributed by atoms with Crippen LogP contribution in [0.2, 0.25) is 0 Å². The topological polar surface area (TPSA) is 43.8 Å². The fourth-order valence-electron chi connectivity index (χ4n) is 1.48. The van der Waals surface area contributed by atoms with Crippen molar-refractivity contribution in [2.45, 2.75) is 6.04 Å². The van der Waals surface area contributed by atoms with Gasteiger partial charge in [-0.1, -0.05) is 0 Å². The first-order chi connectivity index (χ1) is 7.50. The number of halogens is 3. The van der Waals surface area contributed by atoms with Crippen molar-refractivity contribution in [2.24, 2.45) is 12.8 Å². The third kappa shape index (κ3) is 2.28. The molecule has 0 aliphatic heterocycles. The molecule has 3 nitrogen and oxygen atoms in total. The number of thiophene rings is 1. The summed E-state index contributed by atoms with van der Waals surface area (Å²) in [5.74, 6) is 0. The van der Waals surface area contributed by atoms with Crippen molar-refractivity contribution in [3.8, 4) is 0 Å². The summed E-state index contributed by atoms with van der Waals surface area (Å²) in [5, 5.41) is 4.17. The van der Waals surface area contributed by atoms with E-state index >= 15 is 0 Å². The van der Waals surface area contributed by atoms with Crippen LogP contribution < -0.4 is 5.73 Å². The summed E-state index contributed by atoms with van der Waals surface area (Å²) >= 11 is 12.0. The largest absolute Gasteiger partial charge is 0.319 e. The maximum absolute atomic E-state index is 6.24. The molecule has 2 N–H and O–H groups in total. The Hall–Kier alpha value is 0.310. The van der Waals surface area contributed by atoms with E-state index in [0.29, 0.717) is 0 Å². The lowest BCUT2D eigenvalue weighted by atomic mass is 10.1. The summed E-state index contributed by atoms with van der Waals surface area (Å²) in [6.07, 6.45) is 1.75. The molecule has 86 valence electrons. The highest BCUT2D eigenvalue weighted by Gasteiger charge is 2.20. The molecule has 0 spiro atoms. The summed E-state index contributed by atoms with van der Waals surface area (Å²) < 4.78 is 4.81. The maximum Gasteiger partial charge on any atom is 0.0762 e. The minimum Gasteiger partial charge on any atom is -0.319 e. The fourth-order valence-corrected chi connectivity index (χ4v) is 5.01. The molecule has 2 heterocycles. The molecular weight excluding hydrogens is 422 g/mol. The predicted molar refractivity (Wildman–Crippen MR) is 76.7 cm³/mol. The number of hydrogen-bond donors (Lipinski definition) is 1. The molecule has 1 atom stereocenters. The van der Waals surface area contributed by atoms with Gasteiger partial charge in [0.25, 0.3) is 0 Å². The van der Waals surface area contributed by atoms with Crippen LogP contribution >= 0.6 is 59.1 Å². The van der Waals surface area contributed by atoms with Crippen LogP contribution in [0.4, 0.5) is 0 Å². The lowest BCUT2D eigenvalue weighted by Crippen LogP contribution is -2.16. The van der Waals surface area contributed by atoms with E-state index in [9.17, 15) is 0 Å². The van der Waals surface area contributed by atoms with Gasteiger partial charge in [-0.05, 0) is 53.9 Å². The summed E-state index contributed by atoms with van der Waals surface area (Å²) in [5.41, 5.74) is 8.26. The minimum absolute atomic E-state index is 0.196. The van der Waals surface area contributed by atoms with Crippen molar-refractivity contribution >= 4 is 59.1 Å². The van der Waals surface area contributed by atoms with Gasteiger partial charge in [-0.2, -0.15) is 5.10 Å². The van der Waals surface area contributed by atoms with Crippen molar-refractivity contribution in [2.75, 3.05) is 0 Å². The fraction of sp³-hybridized carbons (Fsp3) is 0.222. The van der Waals surface area contributed by atoms with Crippen LogP contribution in [0.25, 0.3) is 0 Å². The highest BCUT2D eigenvalue weighted by atomic mass is 79.9. The van der Waals surface area contributed by atoms with Crippen molar-refractivity contribution < 1.29 is 0 Å². The smallest absolute Gasteiger partial charge is 0.0762 e. The molecule has 2 aromatic rings. The summed E-state index contributed by atoms with van der Waals surface area (Å²) in [4.78, 5) is 0. The molecule has 0 aliphatic carbocycles. The Bertz CT molecular complexity index is 501. The summed E-state index contributed by atoms with van der Waals surface area (Å²) in [6.45, 7) is 0. The van der Waals surface area contributed by atoms with Crippen molar-refractivity contribution in [3.63, 3.8) is 0 Å². The Balaban J connectivity index is 2.46. The Morgan fingerprint density at radius 1 is 1.44 bits per heavy atom. The van der Waals surface area contributed by atoms with Gasteiger partial charge in [0.1, 0.15) is 0 Å². The second-order valence-electron chi connectivity index (χ2n) is 3.26. The number of nitrogens with two attached hydrogens (primary N) is 1. The Morgan fingerprint density at radius 3 is 2.56 bits per heavy atom. The second-order valence-corrected chi connectivity index (χ2v) is 7.86. The summed E-state index contributed by atoms with van der Waals surface area (Å²) in [6, 6.07) is 1.83. The molecular formula is C9H8Br3N3S. The second kappa shape index (κ2) is 4.89. The zero-order valence-corrected chi connectivity index (χ0v) is 13.8. The molecule has 0 amide bonds. The van der Waals surface area contributed by atoms with Crippen LogP contribution in [-0.2, 0) is 7.05 Å². The standard InChI is InChI=1S/C9H8Br3N3S/c1-15-8(5(10)3-14-15)7(13)4-2-6(11)16-9(4)12/h2-3,7H,13H2,1H3. The van der Waals surface area contributed by atoms with Crippen molar-refractivity contribution in [3.05, 3.63) is 35.6 Å². The van der Waals surface area contributed by atoms with E-state index in [1.54, 1.807) is 22.2 Å². The first-order valence-electron chi connectivity index (χ1n) is 4.38. The van der Waals surface area contributed by atoms with Crippen LogP contribution in [-0.4, -0.2) is 9.78 Å². The normalized spacial score (nSPS) is 13.1. The van der Waals surface area contributed by atoms with Gasteiger partial charge in [0.2, 0.25) is 0 Å². The average molecular weight is 430 g/mol.